The van der Waals surface area contributed by atoms with Crippen LogP contribution in [0.5, 0.6) is 0 Å². The Morgan fingerprint density at radius 1 is 1.83 bits per heavy atom. The minimum atomic E-state index is -0.0504. The van der Waals surface area contributed by atoms with Gasteiger partial charge in [-0.3, -0.25) is 9.36 Å². The maximum Gasteiger partial charge on any atom is 0.227 e. The second-order valence-electron chi connectivity index (χ2n) is 0.492. The Hall–Kier alpha value is 0.120. The van der Waals surface area contributed by atoms with Gasteiger partial charge in [0.25, 0.3) is 0 Å². The van der Waals surface area contributed by atoms with E-state index in [4.69, 9.17) is 0 Å². The third-order valence-corrected chi connectivity index (χ3v) is 1.23. The third-order valence-electron chi connectivity index (χ3n) is 0.176. The fraction of sp³-hybridized carbons (Fsp3) is 0.500. The van der Waals surface area contributed by atoms with Crippen LogP contribution in [0.3, 0.4) is 0 Å². The van der Waals surface area contributed by atoms with Crippen molar-refractivity contribution < 1.29 is 9.36 Å². The highest BCUT2D eigenvalue weighted by molar-refractivity contribution is 8.46. The smallest absolute Gasteiger partial charge is 0.227 e. The van der Waals surface area contributed by atoms with E-state index in [9.17, 15) is 9.36 Å². The Balaban J connectivity index is 2.66. The predicted molar refractivity (Wildman–Crippen MR) is 25.8 cm³/mol. The van der Waals surface area contributed by atoms with Gasteiger partial charge in [0.2, 0.25) is 13.9 Å². The maximum atomic E-state index is 9.45. The molecule has 0 aromatic carbocycles. The highest BCUT2D eigenvalue weighted by Crippen LogP contribution is 2.13. The molecule has 0 aromatic rings. The molecule has 0 saturated carbocycles. The lowest BCUT2D eigenvalue weighted by molar-refractivity contribution is 0.560. The summed E-state index contributed by atoms with van der Waals surface area (Å²) in [7, 11) is -0.0504. The normalized spacial score (nSPS) is 8.67. The molecular weight excluding hydrogens is 119 g/mol. The second-order valence-corrected chi connectivity index (χ2v) is 2.41. The molecule has 0 aliphatic carbocycles. The molecule has 1 radical (unpaired) electrons. The number of hydrogen-bond donors (Lipinski definition) is 0. The minimum absolute atomic E-state index is 0.0504. The largest absolute Gasteiger partial charge is 0.290 e. The van der Waals surface area contributed by atoms with Crippen LogP contribution in [-0.4, -0.2) is 12.0 Å². The Morgan fingerprint density at radius 2 is 2.50 bits per heavy atom. The molecule has 0 aromatic heterocycles. The van der Waals surface area contributed by atoms with E-state index in [0.29, 0.717) is 0 Å². The number of rotatable bonds is 3. The van der Waals surface area contributed by atoms with E-state index in [1.54, 1.807) is 6.29 Å². The van der Waals surface area contributed by atoms with Crippen molar-refractivity contribution in [2.24, 2.45) is 0 Å². The molecule has 0 aliphatic heterocycles. The van der Waals surface area contributed by atoms with Crippen molar-refractivity contribution in [2.75, 3.05) is 5.75 Å². The Morgan fingerprint density at radius 3 is 2.67 bits per heavy atom. The zero-order valence-corrected chi connectivity index (χ0v) is 4.59. The summed E-state index contributed by atoms with van der Waals surface area (Å²) in [6.45, 7) is 0. The highest BCUT2D eigenvalue weighted by atomic mass is 32.7. The van der Waals surface area contributed by atoms with Gasteiger partial charge in [-0.05, 0) is 0 Å². The van der Waals surface area contributed by atoms with Gasteiger partial charge in [-0.15, -0.1) is 0 Å². The Kier molecular flexibility index (Phi) is 5.22. The summed E-state index contributed by atoms with van der Waals surface area (Å²) in [5, 5.41) is 0. The molecule has 0 amide bonds. The second kappa shape index (κ2) is 5.12. The van der Waals surface area contributed by atoms with E-state index in [-0.39, 0.29) is 13.4 Å². The molecule has 0 fully saturated rings. The van der Waals surface area contributed by atoms with Crippen molar-refractivity contribution in [2.45, 2.75) is 0 Å². The van der Waals surface area contributed by atoms with Crippen molar-refractivity contribution in [1.29, 1.82) is 0 Å². The van der Waals surface area contributed by atoms with Crippen LogP contribution in [0.1, 0.15) is 0 Å². The van der Waals surface area contributed by atoms with Crippen molar-refractivity contribution in [3.8, 4) is 0 Å². The van der Waals surface area contributed by atoms with E-state index in [0.717, 1.165) is 11.4 Å². The first-order chi connectivity index (χ1) is 2.91. The highest BCUT2D eigenvalue weighted by Gasteiger charge is 1.78. The first-order valence-electron chi connectivity index (χ1n) is 1.21. The van der Waals surface area contributed by atoms with E-state index in [1.165, 1.54) is 0 Å². The molecule has 0 saturated heterocycles. The molecule has 4 heteroatoms. The fourth-order valence-corrected chi connectivity index (χ4v) is 0.474. The van der Waals surface area contributed by atoms with Crippen molar-refractivity contribution in [3.63, 3.8) is 0 Å². The minimum Gasteiger partial charge on any atom is -0.290 e. The molecule has 0 N–H and O–H groups in total. The molecule has 0 aliphatic rings. The van der Waals surface area contributed by atoms with Crippen LogP contribution in [0.4, 0.5) is 0 Å². The Labute approximate surface area is 41.3 Å². The molecule has 0 heterocycles. The van der Waals surface area contributed by atoms with Gasteiger partial charge in [0, 0.05) is 0 Å². The standard InChI is InChI=1S/C2H2O2PS/c3-1-2-6-5-4/h2H2. The quantitative estimate of drug-likeness (QED) is 0.413. The third kappa shape index (κ3) is 4.12. The van der Waals surface area contributed by atoms with Crippen LogP contribution in [0.15, 0.2) is 0 Å². The summed E-state index contributed by atoms with van der Waals surface area (Å²) in [5.74, 6) is 0.199. The molecule has 6 heavy (non-hydrogen) atoms. The SMILES string of the molecule is O=[C]CSP=O. The average Bonchev–Trinajstić information content (AvgIpc) is 1.61. The molecule has 0 atom stereocenters. The summed E-state index contributed by atoms with van der Waals surface area (Å²) in [6.07, 6.45) is 1.57. The van der Waals surface area contributed by atoms with Gasteiger partial charge < -0.3 is 0 Å². The van der Waals surface area contributed by atoms with E-state index >= 15 is 0 Å². The van der Waals surface area contributed by atoms with Crippen LogP contribution >= 0.6 is 19.0 Å². The van der Waals surface area contributed by atoms with Crippen molar-refractivity contribution in [3.05, 3.63) is 0 Å². The van der Waals surface area contributed by atoms with Gasteiger partial charge in [0.15, 0.2) is 0 Å². The van der Waals surface area contributed by atoms with Crippen molar-refractivity contribution >= 4 is 25.3 Å². The zero-order chi connectivity index (χ0) is 4.83. The molecule has 0 spiro atoms. The monoisotopic (exact) mass is 121 g/mol. The summed E-state index contributed by atoms with van der Waals surface area (Å²) in [6, 6.07) is 0. The predicted octanol–water partition coefficient (Wildman–Crippen LogP) is 1.04. The lowest BCUT2D eigenvalue weighted by Gasteiger charge is -1.65. The van der Waals surface area contributed by atoms with Gasteiger partial charge >= 0.3 is 0 Å². The van der Waals surface area contributed by atoms with Gasteiger partial charge in [0.1, 0.15) is 0 Å². The summed E-state index contributed by atoms with van der Waals surface area (Å²) < 4.78 is 9.45. The van der Waals surface area contributed by atoms with E-state index in [1.807, 2.05) is 0 Å². The van der Waals surface area contributed by atoms with Crippen LogP contribution in [0.2, 0.25) is 0 Å². The Bertz CT molecular complexity index is 47.5. The molecular formula is C2H2O2PS. The first-order valence-corrected chi connectivity index (χ1v) is 3.61. The number of carbonyl (C=O) groups excluding carboxylic acids is 1. The fourth-order valence-electron chi connectivity index (χ4n) is 0.0527. The lowest BCUT2D eigenvalue weighted by Crippen LogP contribution is -1.67. The molecule has 33 valence electrons. The summed E-state index contributed by atoms with van der Waals surface area (Å²) in [4.78, 5) is 9.27. The van der Waals surface area contributed by atoms with Crippen LogP contribution in [-0.2, 0) is 9.36 Å². The van der Waals surface area contributed by atoms with Gasteiger partial charge in [-0.1, -0.05) is 11.4 Å². The molecule has 2 nitrogen and oxygen atoms in total. The van der Waals surface area contributed by atoms with Crippen LogP contribution < -0.4 is 0 Å². The van der Waals surface area contributed by atoms with Crippen LogP contribution in [0, 0.1) is 0 Å². The van der Waals surface area contributed by atoms with Gasteiger partial charge in [-0.2, -0.15) is 0 Å². The van der Waals surface area contributed by atoms with Gasteiger partial charge in [0.05, 0.1) is 5.75 Å². The molecule has 0 rings (SSSR count). The molecule has 0 bridgehead atoms. The van der Waals surface area contributed by atoms with Gasteiger partial charge in [-0.25, -0.2) is 0 Å². The van der Waals surface area contributed by atoms with E-state index in [2.05, 4.69) is 0 Å². The topological polar surface area (TPSA) is 34.1 Å². The summed E-state index contributed by atoms with van der Waals surface area (Å²) in [5.41, 5.74) is 0. The lowest BCUT2D eigenvalue weighted by atomic mass is 10.9. The van der Waals surface area contributed by atoms with Crippen molar-refractivity contribution in [1.82, 2.24) is 0 Å². The maximum absolute atomic E-state index is 9.45. The first kappa shape index (κ1) is 6.12. The van der Waals surface area contributed by atoms with E-state index < -0.39 is 0 Å². The summed E-state index contributed by atoms with van der Waals surface area (Å²) >= 11 is 1.00. The number of hydrogen-bond acceptors (Lipinski definition) is 3. The van der Waals surface area contributed by atoms with Crippen LogP contribution in [0.25, 0.3) is 0 Å². The molecule has 0 unspecified atom stereocenters. The average molecular weight is 121 g/mol. The zero-order valence-electron chi connectivity index (χ0n) is 2.88.